The van der Waals surface area contributed by atoms with Crippen LogP contribution in [0.4, 0.5) is 11.6 Å². The maximum atomic E-state index is 4.75. The molecule has 0 aliphatic heterocycles. The van der Waals surface area contributed by atoms with Gasteiger partial charge < -0.3 is 9.88 Å². The first-order chi connectivity index (χ1) is 13.6. The molecule has 10 heteroatoms. The number of H-pyrrole nitrogens is 1. The first-order valence-electron chi connectivity index (χ1n) is 8.74. The van der Waals surface area contributed by atoms with Crippen LogP contribution >= 0.6 is 0 Å². The van der Waals surface area contributed by atoms with Crippen LogP contribution in [0, 0.1) is 6.92 Å². The largest absolute Gasteiger partial charge is 0.331 e. The van der Waals surface area contributed by atoms with Gasteiger partial charge in [0, 0.05) is 50.5 Å². The summed E-state index contributed by atoms with van der Waals surface area (Å²) in [5.74, 6) is 2.60. The summed E-state index contributed by atoms with van der Waals surface area (Å²) in [6, 6.07) is 3.83. The van der Waals surface area contributed by atoms with Gasteiger partial charge in [0.2, 0.25) is 5.82 Å². The molecule has 2 N–H and O–H groups in total. The topological polar surface area (TPSA) is 107 Å². The molecule has 0 aromatic carbocycles. The molecule has 28 heavy (non-hydrogen) atoms. The first kappa shape index (κ1) is 16.2. The number of fused-ring (bicyclic) bond motifs is 1. The number of imidazole rings is 1. The molecule has 0 fully saturated rings. The number of nitrogens with zero attached hydrogens (tertiary/aromatic N) is 8. The molecule has 140 valence electrons. The Morgan fingerprint density at radius 1 is 1.07 bits per heavy atom. The standard InChI is InChI=1S/C18H18N10/c1-11-12(13-5-8-27(3)24-13)10-28-15(11)16(21-14-4-6-20-23-14)22-17(25-28)18-19-7-9-26(18)2/h4-10H,1-3H3,(H2,20,21,22,23,25). The fourth-order valence-corrected chi connectivity index (χ4v) is 3.26. The van der Waals surface area contributed by atoms with E-state index in [0.29, 0.717) is 17.5 Å². The van der Waals surface area contributed by atoms with Crippen LogP contribution in [0.3, 0.4) is 0 Å². The molecular weight excluding hydrogens is 356 g/mol. The Hall–Kier alpha value is -3.95. The van der Waals surface area contributed by atoms with Gasteiger partial charge in [0.25, 0.3) is 0 Å². The van der Waals surface area contributed by atoms with Gasteiger partial charge in [-0.2, -0.15) is 10.2 Å². The summed E-state index contributed by atoms with van der Waals surface area (Å²) in [5.41, 5.74) is 3.79. The van der Waals surface area contributed by atoms with Crippen molar-refractivity contribution >= 4 is 17.2 Å². The van der Waals surface area contributed by atoms with Crippen molar-refractivity contribution in [3.63, 3.8) is 0 Å². The monoisotopic (exact) mass is 374 g/mol. The van der Waals surface area contributed by atoms with Gasteiger partial charge in [-0.3, -0.25) is 9.78 Å². The van der Waals surface area contributed by atoms with E-state index in [-0.39, 0.29) is 0 Å². The molecule has 0 spiro atoms. The lowest BCUT2D eigenvalue weighted by Gasteiger charge is -2.09. The predicted octanol–water partition coefficient (Wildman–Crippen LogP) is 2.31. The van der Waals surface area contributed by atoms with Gasteiger partial charge in [-0.1, -0.05) is 0 Å². The van der Waals surface area contributed by atoms with Crippen LogP contribution in [0.5, 0.6) is 0 Å². The molecule has 0 radical (unpaired) electrons. The Labute approximate surface area is 159 Å². The lowest BCUT2D eigenvalue weighted by Crippen LogP contribution is -2.06. The molecule has 0 unspecified atom stereocenters. The van der Waals surface area contributed by atoms with Gasteiger partial charge in [0.15, 0.2) is 11.6 Å². The summed E-state index contributed by atoms with van der Waals surface area (Å²) < 4.78 is 5.50. The van der Waals surface area contributed by atoms with Crippen LogP contribution < -0.4 is 5.32 Å². The molecule has 0 saturated carbocycles. The van der Waals surface area contributed by atoms with Crippen molar-refractivity contribution in [3.8, 4) is 22.9 Å². The van der Waals surface area contributed by atoms with E-state index < -0.39 is 0 Å². The third kappa shape index (κ3) is 2.54. The quantitative estimate of drug-likeness (QED) is 0.500. The fourth-order valence-electron chi connectivity index (χ4n) is 3.26. The minimum absolute atomic E-state index is 0.518. The number of nitrogens with one attached hydrogen (secondary N) is 2. The molecule has 0 aliphatic carbocycles. The number of aromatic amines is 1. The average molecular weight is 374 g/mol. The number of aromatic nitrogens is 9. The SMILES string of the molecule is Cc1c(-c2ccn(C)n2)cn2nc(-c3nccn3C)nc(Nc3ccn[nH]3)c12. The average Bonchev–Trinajstić information content (AvgIpc) is 3.44. The molecule has 5 aromatic heterocycles. The minimum Gasteiger partial charge on any atom is -0.331 e. The zero-order valence-corrected chi connectivity index (χ0v) is 15.6. The third-order valence-corrected chi connectivity index (χ3v) is 4.65. The Balaban J connectivity index is 1.75. The number of hydrogen-bond donors (Lipinski definition) is 2. The molecule has 5 aromatic rings. The second-order valence-corrected chi connectivity index (χ2v) is 6.58. The number of hydrogen-bond acceptors (Lipinski definition) is 6. The molecule has 0 saturated heterocycles. The molecular formula is C18H18N10. The summed E-state index contributed by atoms with van der Waals surface area (Å²) in [6.45, 7) is 2.04. The summed E-state index contributed by atoms with van der Waals surface area (Å²) in [7, 11) is 3.82. The molecule has 0 aliphatic rings. The van der Waals surface area contributed by atoms with E-state index >= 15 is 0 Å². The van der Waals surface area contributed by atoms with E-state index in [0.717, 1.165) is 28.2 Å². The van der Waals surface area contributed by atoms with E-state index in [1.54, 1.807) is 17.1 Å². The van der Waals surface area contributed by atoms with Crippen molar-refractivity contribution in [2.75, 3.05) is 5.32 Å². The summed E-state index contributed by atoms with van der Waals surface area (Å²) in [4.78, 5) is 9.14. The van der Waals surface area contributed by atoms with Crippen molar-refractivity contribution < 1.29 is 0 Å². The van der Waals surface area contributed by atoms with Crippen molar-refractivity contribution in [2.45, 2.75) is 6.92 Å². The zero-order valence-electron chi connectivity index (χ0n) is 15.6. The van der Waals surface area contributed by atoms with E-state index in [2.05, 4.69) is 25.6 Å². The van der Waals surface area contributed by atoms with Crippen molar-refractivity contribution in [3.05, 3.63) is 48.7 Å². The van der Waals surface area contributed by atoms with Crippen molar-refractivity contribution in [1.82, 2.24) is 44.1 Å². The number of anilines is 2. The second kappa shape index (κ2) is 6.05. The Morgan fingerprint density at radius 2 is 1.96 bits per heavy atom. The van der Waals surface area contributed by atoms with E-state index in [1.807, 2.05) is 60.8 Å². The van der Waals surface area contributed by atoms with Crippen molar-refractivity contribution in [2.24, 2.45) is 14.1 Å². The number of rotatable bonds is 4. The Bertz CT molecular complexity index is 1270. The third-order valence-electron chi connectivity index (χ3n) is 4.65. The van der Waals surface area contributed by atoms with Gasteiger partial charge in [-0.15, -0.1) is 5.10 Å². The van der Waals surface area contributed by atoms with E-state index in [1.165, 1.54) is 0 Å². The summed E-state index contributed by atoms with van der Waals surface area (Å²) in [6.07, 6.45) is 9.17. The van der Waals surface area contributed by atoms with Gasteiger partial charge >= 0.3 is 0 Å². The fraction of sp³-hybridized carbons (Fsp3) is 0.167. The molecule has 0 bridgehead atoms. The van der Waals surface area contributed by atoms with Gasteiger partial charge in [0.05, 0.1) is 11.9 Å². The lowest BCUT2D eigenvalue weighted by molar-refractivity contribution is 0.770. The summed E-state index contributed by atoms with van der Waals surface area (Å²) in [5, 5.41) is 19.4. The Kier molecular flexibility index (Phi) is 3.51. The van der Waals surface area contributed by atoms with Crippen LogP contribution in [-0.4, -0.2) is 44.1 Å². The van der Waals surface area contributed by atoms with Crippen LogP contribution in [0.2, 0.25) is 0 Å². The molecule has 0 amide bonds. The highest BCUT2D eigenvalue weighted by atomic mass is 15.3. The maximum Gasteiger partial charge on any atom is 0.218 e. The highest BCUT2D eigenvalue weighted by Gasteiger charge is 2.19. The van der Waals surface area contributed by atoms with Crippen LogP contribution in [-0.2, 0) is 14.1 Å². The molecule has 10 nitrogen and oxygen atoms in total. The molecule has 5 rings (SSSR count). The lowest BCUT2D eigenvalue weighted by atomic mass is 10.1. The van der Waals surface area contributed by atoms with E-state index in [9.17, 15) is 0 Å². The zero-order chi connectivity index (χ0) is 19.3. The highest BCUT2D eigenvalue weighted by Crippen LogP contribution is 2.32. The smallest absolute Gasteiger partial charge is 0.218 e. The predicted molar refractivity (Wildman–Crippen MR) is 104 cm³/mol. The molecule has 0 atom stereocenters. The van der Waals surface area contributed by atoms with Crippen LogP contribution in [0.1, 0.15) is 5.56 Å². The number of aryl methyl sites for hydroxylation is 3. The minimum atomic E-state index is 0.518. The Morgan fingerprint density at radius 3 is 2.64 bits per heavy atom. The van der Waals surface area contributed by atoms with Crippen LogP contribution in [0.25, 0.3) is 28.4 Å². The first-order valence-corrected chi connectivity index (χ1v) is 8.74. The van der Waals surface area contributed by atoms with Crippen molar-refractivity contribution in [1.29, 1.82) is 0 Å². The highest BCUT2D eigenvalue weighted by molar-refractivity contribution is 5.83. The normalized spacial score (nSPS) is 11.4. The van der Waals surface area contributed by atoms with Gasteiger partial charge in [-0.05, 0) is 18.6 Å². The summed E-state index contributed by atoms with van der Waals surface area (Å²) >= 11 is 0. The van der Waals surface area contributed by atoms with Gasteiger partial charge in [0.1, 0.15) is 11.3 Å². The van der Waals surface area contributed by atoms with E-state index in [4.69, 9.17) is 10.1 Å². The second-order valence-electron chi connectivity index (χ2n) is 6.58. The van der Waals surface area contributed by atoms with Gasteiger partial charge in [-0.25, -0.2) is 14.5 Å². The molecule has 5 heterocycles. The maximum absolute atomic E-state index is 4.75. The van der Waals surface area contributed by atoms with Crippen LogP contribution in [0.15, 0.2) is 43.1 Å².